The van der Waals surface area contributed by atoms with Crippen LogP contribution in [0.3, 0.4) is 0 Å². The lowest BCUT2D eigenvalue weighted by molar-refractivity contribution is 0.652. The van der Waals surface area contributed by atoms with Crippen molar-refractivity contribution in [1.29, 1.82) is 0 Å². The average molecular weight is 234 g/mol. The van der Waals surface area contributed by atoms with Gasteiger partial charge in [-0.25, -0.2) is 0 Å². The Bertz CT molecular complexity index is 222. The van der Waals surface area contributed by atoms with Gasteiger partial charge < -0.3 is 5.73 Å². The van der Waals surface area contributed by atoms with E-state index in [0.717, 1.165) is 12.8 Å². The molecule has 0 radical (unpaired) electrons. The molecular formula is C8H12BrNS. The van der Waals surface area contributed by atoms with Crippen molar-refractivity contribution >= 4 is 27.3 Å². The average Bonchev–Trinajstić information content (AvgIpc) is 2.35. The zero-order valence-electron chi connectivity index (χ0n) is 6.51. The number of rotatable bonds is 3. The molecule has 1 rings (SSSR count). The Morgan fingerprint density at radius 2 is 2.45 bits per heavy atom. The number of thiophene rings is 1. The highest BCUT2D eigenvalue weighted by Crippen LogP contribution is 2.20. The Balaban J connectivity index is 2.50. The zero-order chi connectivity index (χ0) is 8.27. The van der Waals surface area contributed by atoms with E-state index in [2.05, 4.69) is 34.3 Å². The summed E-state index contributed by atoms with van der Waals surface area (Å²) < 4.78 is 1.17. The summed E-state index contributed by atoms with van der Waals surface area (Å²) in [6, 6.07) is 2.46. The Kier molecular flexibility index (Phi) is 3.55. The van der Waals surface area contributed by atoms with Crippen LogP contribution in [-0.4, -0.2) is 6.04 Å². The molecular weight excluding hydrogens is 222 g/mol. The van der Waals surface area contributed by atoms with Gasteiger partial charge in [0.25, 0.3) is 0 Å². The molecule has 62 valence electrons. The van der Waals surface area contributed by atoms with Crippen LogP contribution >= 0.6 is 27.3 Å². The van der Waals surface area contributed by atoms with Crippen molar-refractivity contribution in [1.82, 2.24) is 0 Å². The molecule has 0 aliphatic carbocycles. The van der Waals surface area contributed by atoms with Gasteiger partial charge in [-0.1, -0.05) is 6.92 Å². The highest BCUT2D eigenvalue weighted by Gasteiger charge is 2.02. The fourth-order valence-corrected chi connectivity index (χ4v) is 2.41. The van der Waals surface area contributed by atoms with Crippen LogP contribution in [0, 0.1) is 0 Å². The van der Waals surface area contributed by atoms with E-state index in [1.807, 2.05) is 0 Å². The molecule has 0 fully saturated rings. The Morgan fingerprint density at radius 1 is 1.73 bits per heavy atom. The van der Waals surface area contributed by atoms with E-state index in [9.17, 15) is 0 Å². The molecule has 11 heavy (non-hydrogen) atoms. The first kappa shape index (κ1) is 9.23. The second kappa shape index (κ2) is 4.24. The van der Waals surface area contributed by atoms with Gasteiger partial charge in [0.2, 0.25) is 0 Å². The summed E-state index contributed by atoms with van der Waals surface area (Å²) in [5, 5.41) is 2.09. The fraction of sp³-hybridized carbons (Fsp3) is 0.500. The summed E-state index contributed by atoms with van der Waals surface area (Å²) in [5.74, 6) is 0. The van der Waals surface area contributed by atoms with Gasteiger partial charge in [0.1, 0.15) is 0 Å². The van der Waals surface area contributed by atoms with Crippen LogP contribution in [0.15, 0.2) is 15.9 Å². The fourth-order valence-electron chi connectivity index (χ4n) is 0.864. The van der Waals surface area contributed by atoms with Gasteiger partial charge in [-0.3, -0.25) is 0 Å². The molecule has 1 aromatic heterocycles. The second-order valence-electron chi connectivity index (χ2n) is 2.60. The lowest BCUT2D eigenvalue weighted by Crippen LogP contribution is -2.20. The van der Waals surface area contributed by atoms with Crippen molar-refractivity contribution in [3.8, 4) is 0 Å². The lowest BCUT2D eigenvalue weighted by atomic mass is 10.1. The van der Waals surface area contributed by atoms with Crippen molar-refractivity contribution in [3.63, 3.8) is 0 Å². The van der Waals surface area contributed by atoms with Gasteiger partial charge >= 0.3 is 0 Å². The number of nitrogens with two attached hydrogens (primary N) is 1. The Morgan fingerprint density at radius 3 is 2.91 bits per heavy atom. The van der Waals surface area contributed by atoms with Crippen LogP contribution in [0.25, 0.3) is 0 Å². The highest BCUT2D eigenvalue weighted by atomic mass is 79.9. The largest absolute Gasteiger partial charge is 0.327 e. The number of hydrogen-bond donors (Lipinski definition) is 1. The third kappa shape index (κ3) is 2.93. The molecule has 2 N–H and O–H groups in total. The molecule has 0 amide bonds. The minimum atomic E-state index is 0.320. The maximum Gasteiger partial charge on any atom is 0.0285 e. The highest BCUT2D eigenvalue weighted by molar-refractivity contribution is 9.10. The van der Waals surface area contributed by atoms with E-state index in [0.29, 0.717) is 6.04 Å². The predicted octanol–water partition coefficient (Wildman–Crippen LogP) is 2.79. The van der Waals surface area contributed by atoms with Crippen molar-refractivity contribution in [2.45, 2.75) is 25.8 Å². The summed E-state index contributed by atoms with van der Waals surface area (Å²) >= 11 is 5.18. The standard InChI is InChI=1S/C8H12BrNS/c1-2-7(10)4-8-3-6(9)5-11-8/h3,5,7H,2,4,10H2,1H3. The van der Waals surface area contributed by atoms with Crippen molar-refractivity contribution in [2.24, 2.45) is 5.73 Å². The monoisotopic (exact) mass is 233 g/mol. The van der Waals surface area contributed by atoms with Crippen LogP contribution in [-0.2, 0) is 6.42 Å². The van der Waals surface area contributed by atoms with Gasteiger partial charge in [-0.2, -0.15) is 0 Å². The molecule has 3 heteroatoms. The topological polar surface area (TPSA) is 26.0 Å². The quantitative estimate of drug-likeness (QED) is 0.855. The molecule has 0 saturated heterocycles. The van der Waals surface area contributed by atoms with Crippen LogP contribution in [0.2, 0.25) is 0 Å². The zero-order valence-corrected chi connectivity index (χ0v) is 8.91. The molecule has 0 aliphatic rings. The predicted molar refractivity (Wildman–Crippen MR) is 54.0 cm³/mol. The molecule has 0 aliphatic heterocycles. The molecule has 0 bridgehead atoms. The van der Waals surface area contributed by atoms with E-state index >= 15 is 0 Å². The van der Waals surface area contributed by atoms with E-state index in [1.54, 1.807) is 11.3 Å². The van der Waals surface area contributed by atoms with Crippen molar-refractivity contribution in [2.75, 3.05) is 0 Å². The number of halogens is 1. The lowest BCUT2D eigenvalue weighted by Gasteiger charge is -2.04. The van der Waals surface area contributed by atoms with Gasteiger partial charge in [0.15, 0.2) is 0 Å². The summed E-state index contributed by atoms with van der Waals surface area (Å²) in [7, 11) is 0. The third-order valence-electron chi connectivity index (χ3n) is 1.61. The smallest absolute Gasteiger partial charge is 0.0285 e. The van der Waals surface area contributed by atoms with E-state index < -0.39 is 0 Å². The minimum absolute atomic E-state index is 0.320. The molecule has 1 heterocycles. The summed E-state index contributed by atoms with van der Waals surface area (Å²) in [5.41, 5.74) is 5.81. The third-order valence-corrected chi connectivity index (χ3v) is 3.33. The van der Waals surface area contributed by atoms with Crippen LogP contribution in [0.4, 0.5) is 0 Å². The van der Waals surface area contributed by atoms with E-state index in [1.165, 1.54) is 9.35 Å². The normalized spacial score (nSPS) is 13.4. The van der Waals surface area contributed by atoms with Gasteiger partial charge in [-0.15, -0.1) is 11.3 Å². The summed E-state index contributed by atoms with van der Waals surface area (Å²) in [4.78, 5) is 1.37. The second-order valence-corrected chi connectivity index (χ2v) is 4.52. The first-order valence-corrected chi connectivity index (χ1v) is 5.38. The van der Waals surface area contributed by atoms with Crippen molar-refractivity contribution in [3.05, 3.63) is 20.8 Å². The first-order chi connectivity index (χ1) is 5.22. The SMILES string of the molecule is CCC(N)Cc1cc(Br)cs1. The molecule has 1 aromatic rings. The minimum Gasteiger partial charge on any atom is -0.327 e. The Hall–Kier alpha value is 0.140. The molecule has 0 saturated carbocycles. The molecule has 1 atom stereocenters. The molecule has 1 unspecified atom stereocenters. The molecule has 0 spiro atoms. The van der Waals surface area contributed by atoms with E-state index in [-0.39, 0.29) is 0 Å². The van der Waals surface area contributed by atoms with Crippen LogP contribution in [0.5, 0.6) is 0 Å². The maximum atomic E-state index is 5.81. The van der Waals surface area contributed by atoms with Gasteiger partial charge in [-0.05, 0) is 34.8 Å². The van der Waals surface area contributed by atoms with E-state index in [4.69, 9.17) is 5.73 Å². The van der Waals surface area contributed by atoms with Crippen LogP contribution < -0.4 is 5.73 Å². The maximum absolute atomic E-state index is 5.81. The number of hydrogen-bond acceptors (Lipinski definition) is 2. The van der Waals surface area contributed by atoms with Crippen molar-refractivity contribution < 1.29 is 0 Å². The summed E-state index contributed by atoms with van der Waals surface area (Å²) in [6.45, 7) is 2.12. The van der Waals surface area contributed by atoms with Gasteiger partial charge in [0, 0.05) is 20.8 Å². The van der Waals surface area contributed by atoms with Crippen LogP contribution in [0.1, 0.15) is 18.2 Å². The molecule has 1 nitrogen and oxygen atoms in total. The van der Waals surface area contributed by atoms with Gasteiger partial charge in [0.05, 0.1) is 0 Å². The summed E-state index contributed by atoms with van der Waals surface area (Å²) in [6.07, 6.45) is 2.06. The Labute approximate surface area is 79.7 Å². The molecule has 0 aromatic carbocycles. The first-order valence-electron chi connectivity index (χ1n) is 3.71.